The van der Waals surface area contributed by atoms with Crippen LogP contribution in [0.5, 0.6) is 5.75 Å². The monoisotopic (exact) mass is 225 g/mol. The van der Waals surface area contributed by atoms with E-state index < -0.39 is 6.10 Å². The second-order valence-electron chi connectivity index (χ2n) is 3.11. The molecule has 15 heavy (non-hydrogen) atoms. The quantitative estimate of drug-likeness (QED) is 0.837. The number of ether oxygens (including phenoxy) is 1. The third-order valence-corrected chi connectivity index (χ3v) is 2.11. The molecule has 1 N–H and O–H groups in total. The molecule has 0 bridgehead atoms. The van der Waals surface area contributed by atoms with E-state index in [1.54, 1.807) is 24.3 Å². The fourth-order valence-electron chi connectivity index (χ4n) is 1.05. The fourth-order valence-corrected chi connectivity index (χ4v) is 1.18. The van der Waals surface area contributed by atoms with Crippen molar-refractivity contribution < 1.29 is 9.84 Å². The first-order valence-electron chi connectivity index (χ1n) is 4.66. The summed E-state index contributed by atoms with van der Waals surface area (Å²) in [6.45, 7) is 0.393. The first-order chi connectivity index (χ1) is 7.22. The minimum Gasteiger partial charge on any atom is -0.493 e. The van der Waals surface area contributed by atoms with E-state index in [9.17, 15) is 5.11 Å². The molecule has 1 unspecified atom stereocenters. The standard InChI is InChI=1S/C11H12ClNO2/c12-9-1-3-11(4-2-9)15-8-6-10(14)5-7-13/h1-4,10,14H,5-6,8H2. The molecule has 0 fully saturated rings. The molecule has 4 heteroatoms. The van der Waals surface area contributed by atoms with E-state index in [-0.39, 0.29) is 6.42 Å². The average molecular weight is 226 g/mol. The Morgan fingerprint density at radius 1 is 1.40 bits per heavy atom. The Morgan fingerprint density at radius 2 is 2.07 bits per heavy atom. The number of aliphatic hydroxyl groups excluding tert-OH is 1. The van der Waals surface area contributed by atoms with Gasteiger partial charge in [0.05, 0.1) is 25.2 Å². The van der Waals surface area contributed by atoms with Gasteiger partial charge in [0.1, 0.15) is 5.75 Å². The van der Waals surface area contributed by atoms with Crippen molar-refractivity contribution in [3.05, 3.63) is 29.3 Å². The maximum absolute atomic E-state index is 9.25. The van der Waals surface area contributed by atoms with Crippen molar-refractivity contribution in [2.45, 2.75) is 18.9 Å². The highest BCUT2D eigenvalue weighted by molar-refractivity contribution is 6.30. The van der Waals surface area contributed by atoms with Gasteiger partial charge in [0, 0.05) is 11.4 Å². The Morgan fingerprint density at radius 3 is 2.67 bits per heavy atom. The zero-order valence-electron chi connectivity index (χ0n) is 8.19. The van der Waals surface area contributed by atoms with Gasteiger partial charge in [-0.1, -0.05) is 11.6 Å². The zero-order valence-corrected chi connectivity index (χ0v) is 8.94. The summed E-state index contributed by atoms with van der Waals surface area (Å²) in [4.78, 5) is 0. The molecule has 0 heterocycles. The minimum atomic E-state index is -0.609. The van der Waals surface area contributed by atoms with Gasteiger partial charge >= 0.3 is 0 Å². The molecule has 0 spiro atoms. The molecule has 0 amide bonds. The summed E-state index contributed by atoms with van der Waals surface area (Å²) in [7, 11) is 0. The van der Waals surface area contributed by atoms with Gasteiger partial charge in [-0.2, -0.15) is 5.26 Å². The topological polar surface area (TPSA) is 53.2 Å². The summed E-state index contributed by atoms with van der Waals surface area (Å²) in [5.41, 5.74) is 0. The maximum atomic E-state index is 9.25. The van der Waals surface area contributed by atoms with Crippen molar-refractivity contribution in [1.29, 1.82) is 5.26 Å². The maximum Gasteiger partial charge on any atom is 0.119 e. The number of hydrogen-bond donors (Lipinski definition) is 1. The van der Waals surface area contributed by atoms with Gasteiger partial charge < -0.3 is 9.84 Å². The van der Waals surface area contributed by atoms with Gasteiger partial charge in [-0.15, -0.1) is 0 Å². The van der Waals surface area contributed by atoms with Crippen LogP contribution in [0.1, 0.15) is 12.8 Å². The van der Waals surface area contributed by atoms with Crippen molar-refractivity contribution in [3.8, 4) is 11.8 Å². The zero-order chi connectivity index (χ0) is 11.1. The van der Waals surface area contributed by atoms with E-state index in [1.165, 1.54) is 0 Å². The first-order valence-corrected chi connectivity index (χ1v) is 5.03. The molecule has 80 valence electrons. The number of nitriles is 1. The molecule has 0 radical (unpaired) electrons. The molecule has 1 aromatic rings. The van der Waals surface area contributed by atoms with Crippen LogP contribution in [0.25, 0.3) is 0 Å². The van der Waals surface area contributed by atoms with Crippen molar-refractivity contribution >= 4 is 11.6 Å². The van der Waals surface area contributed by atoms with Crippen LogP contribution >= 0.6 is 11.6 Å². The highest BCUT2D eigenvalue weighted by atomic mass is 35.5. The smallest absolute Gasteiger partial charge is 0.119 e. The SMILES string of the molecule is N#CCC(O)CCOc1ccc(Cl)cc1. The van der Waals surface area contributed by atoms with Gasteiger partial charge in [-0.05, 0) is 24.3 Å². The van der Waals surface area contributed by atoms with Gasteiger partial charge in [0.15, 0.2) is 0 Å². The summed E-state index contributed by atoms with van der Waals surface area (Å²) >= 11 is 5.71. The molecule has 0 aliphatic heterocycles. The van der Waals surface area contributed by atoms with Gasteiger partial charge in [-0.3, -0.25) is 0 Å². The molecule has 0 saturated heterocycles. The lowest BCUT2D eigenvalue weighted by molar-refractivity contribution is 0.143. The summed E-state index contributed by atoms with van der Waals surface area (Å²) in [6, 6.07) is 8.90. The second kappa shape index (κ2) is 6.28. The molecule has 0 saturated carbocycles. The largest absolute Gasteiger partial charge is 0.493 e. The first kappa shape index (κ1) is 11.8. The molecule has 1 rings (SSSR count). The van der Waals surface area contributed by atoms with Crippen LogP contribution in [-0.2, 0) is 0 Å². The number of benzene rings is 1. The molecular formula is C11H12ClNO2. The van der Waals surface area contributed by atoms with Crippen molar-refractivity contribution in [1.82, 2.24) is 0 Å². The van der Waals surface area contributed by atoms with Crippen LogP contribution in [-0.4, -0.2) is 17.8 Å². The normalized spacial score (nSPS) is 11.8. The fraction of sp³-hybridized carbons (Fsp3) is 0.364. The lowest BCUT2D eigenvalue weighted by Crippen LogP contribution is -2.10. The van der Waals surface area contributed by atoms with Gasteiger partial charge in [-0.25, -0.2) is 0 Å². The van der Waals surface area contributed by atoms with Crippen molar-refractivity contribution in [2.24, 2.45) is 0 Å². The summed E-state index contributed by atoms with van der Waals surface area (Å²) in [5.74, 6) is 0.712. The Bertz CT molecular complexity index is 331. The predicted molar refractivity (Wildman–Crippen MR) is 57.8 cm³/mol. The number of nitrogens with zero attached hydrogens (tertiary/aromatic N) is 1. The average Bonchev–Trinajstić information content (AvgIpc) is 2.21. The Labute approximate surface area is 93.9 Å². The molecule has 0 aliphatic rings. The van der Waals surface area contributed by atoms with E-state index in [4.69, 9.17) is 21.6 Å². The van der Waals surface area contributed by atoms with E-state index in [0.717, 1.165) is 0 Å². The summed E-state index contributed by atoms with van der Waals surface area (Å²) in [5, 5.41) is 18.2. The molecule has 0 aromatic heterocycles. The van der Waals surface area contributed by atoms with E-state index in [1.807, 2.05) is 6.07 Å². The number of rotatable bonds is 5. The third kappa shape index (κ3) is 4.68. The highest BCUT2D eigenvalue weighted by Crippen LogP contribution is 2.15. The van der Waals surface area contributed by atoms with Crippen LogP contribution < -0.4 is 4.74 Å². The Hall–Kier alpha value is -1.24. The lowest BCUT2D eigenvalue weighted by Gasteiger charge is -2.08. The number of hydrogen-bond acceptors (Lipinski definition) is 3. The van der Waals surface area contributed by atoms with E-state index in [0.29, 0.717) is 23.8 Å². The van der Waals surface area contributed by atoms with Crippen molar-refractivity contribution in [3.63, 3.8) is 0 Å². The molecule has 1 atom stereocenters. The van der Waals surface area contributed by atoms with Crippen LogP contribution in [0.3, 0.4) is 0 Å². The van der Waals surface area contributed by atoms with E-state index in [2.05, 4.69) is 0 Å². The minimum absolute atomic E-state index is 0.143. The number of halogens is 1. The Balaban J connectivity index is 2.26. The van der Waals surface area contributed by atoms with Crippen LogP contribution in [0, 0.1) is 11.3 Å². The van der Waals surface area contributed by atoms with E-state index >= 15 is 0 Å². The van der Waals surface area contributed by atoms with Gasteiger partial charge in [0.2, 0.25) is 0 Å². The van der Waals surface area contributed by atoms with Crippen LogP contribution in [0.4, 0.5) is 0 Å². The molecule has 3 nitrogen and oxygen atoms in total. The molecule has 1 aromatic carbocycles. The second-order valence-corrected chi connectivity index (χ2v) is 3.54. The molecule has 0 aliphatic carbocycles. The lowest BCUT2D eigenvalue weighted by atomic mass is 10.2. The van der Waals surface area contributed by atoms with Gasteiger partial charge in [0.25, 0.3) is 0 Å². The van der Waals surface area contributed by atoms with Crippen molar-refractivity contribution in [2.75, 3.05) is 6.61 Å². The highest BCUT2D eigenvalue weighted by Gasteiger charge is 2.03. The summed E-state index contributed by atoms with van der Waals surface area (Å²) in [6.07, 6.45) is -0.0116. The number of aliphatic hydroxyl groups is 1. The summed E-state index contributed by atoms with van der Waals surface area (Å²) < 4.78 is 5.35. The van der Waals surface area contributed by atoms with Crippen LogP contribution in [0.15, 0.2) is 24.3 Å². The third-order valence-electron chi connectivity index (χ3n) is 1.86. The predicted octanol–water partition coefficient (Wildman–Crippen LogP) is 2.38. The van der Waals surface area contributed by atoms with Crippen LogP contribution in [0.2, 0.25) is 5.02 Å². The molecular weight excluding hydrogens is 214 g/mol. The Kier molecular flexibility index (Phi) is 4.96.